The van der Waals surface area contributed by atoms with E-state index in [2.05, 4.69) is 38.1 Å². The highest BCUT2D eigenvalue weighted by atomic mass is 17.2. The van der Waals surface area contributed by atoms with Crippen molar-refractivity contribution in [2.75, 3.05) is 0 Å². The maximum atomic E-state index is 5.09. The Kier molecular flexibility index (Phi) is 7.32. The van der Waals surface area contributed by atoms with E-state index in [9.17, 15) is 0 Å². The average Bonchev–Trinajstić information content (AvgIpc) is 2.27. The number of hydrogen-bond donors (Lipinski definition) is 0. The van der Waals surface area contributed by atoms with Crippen LogP contribution in [0.4, 0.5) is 0 Å². The second kappa shape index (κ2) is 7.66. The predicted octanol–water partition coefficient (Wildman–Crippen LogP) is 5.45. The summed E-state index contributed by atoms with van der Waals surface area (Å²) < 4.78 is 0. The third-order valence-corrected chi connectivity index (χ3v) is 2.01. The van der Waals surface area contributed by atoms with Gasteiger partial charge in [0.1, 0.15) is 0 Å². The zero-order chi connectivity index (χ0) is 15.1. The summed E-state index contributed by atoms with van der Waals surface area (Å²) >= 11 is 0. The lowest BCUT2D eigenvalue weighted by Crippen LogP contribution is -2.27. The quantitative estimate of drug-likeness (QED) is 0.523. The highest BCUT2D eigenvalue weighted by molar-refractivity contribution is 5.17. The molecule has 0 saturated heterocycles. The van der Waals surface area contributed by atoms with Gasteiger partial charge in [-0.05, 0) is 53.0 Å². The van der Waals surface area contributed by atoms with E-state index in [1.165, 1.54) is 5.56 Å². The molecule has 0 saturated carbocycles. The van der Waals surface area contributed by atoms with Crippen LogP contribution in [0.15, 0.2) is 30.3 Å². The first-order chi connectivity index (χ1) is 8.51. The molecular weight excluding hydrogens is 236 g/mol. The van der Waals surface area contributed by atoms with E-state index in [1.54, 1.807) is 0 Å². The van der Waals surface area contributed by atoms with Crippen LogP contribution in [-0.2, 0) is 9.78 Å². The van der Waals surface area contributed by atoms with Crippen LogP contribution in [-0.4, -0.2) is 11.2 Å². The largest absolute Gasteiger partial charge is 1.00 e. The van der Waals surface area contributed by atoms with Crippen LogP contribution in [0.5, 0.6) is 0 Å². The van der Waals surface area contributed by atoms with Crippen LogP contribution in [0.3, 0.4) is 0 Å². The first-order valence-corrected chi connectivity index (χ1v) is 6.93. The Hall–Kier alpha value is -0.860. The number of rotatable bonds is 2. The van der Waals surface area contributed by atoms with Gasteiger partial charge in [-0.1, -0.05) is 44.2 Å². The molecule has 0 aliphatic rings. The average molecular weight is 267 g/mol. The zero-order valence-corrected chi connectivity index (χ0v) is 13.8. The summed E-state index contributed by atoms with van der Waals surface area (Å²) in [4.78, 5) is 10.2. The summed E-state index contributed by atoms with van der Waals surface area (Å²) in [6.45, 7) is 16.1. The van der Waals surface area contributed by atoms with E-state index in [0.717, 1.165) is 0 Å². The van der Waals surface area contributed by atoms with Crippen molar-refractivity contribution < 1.29 is 11.2 Å². The molecule has 0 aliphatic heterocycles. The molecule has 2 heteroatoms. The van der Waals surface area contributed by atoms with Crippen molar-refractivity contribution in [3.8, 4) is 0 Å². The van der Waals surface area contributed by atoms with E-state index >= 15 is 0 Å². The minimum atomic E-state index is -0.215. The lowest BCUT2D eigenvalue weighted by Gasteiger charge is -2.24. The smallest absolute Gasteiger partial charge is 0.230 e. The van der Waals surface area contributed by atoms with Crippen molar-refractivity contribution in [3.63, 3.8) is 0 Å². The van der Waals surface area contributed by atoms with E-state index in [4.69, 9.17) is 9.78 Å². The fourth-order valence-corrected chi connectivity index (χ4v) is 1.09. The molecule has 1 aromatic carbocycles. The minimum Gasteiger partial charge on any atom is -0.230 e. The van der Waals surface area contributed by atoms with Crippen LogP contribution in [0, 0.1) is 0 Å². The summed E-state index contributed by atoms with van der Waals surface area (Å²) in [7, 11) is 0. The zero-order valence-electron chi connectivity index (χ0n) is 14.8. The molecule has 0 spiro atoms. The number of benzene rings is 1. The maximum absolute atomic E-state index is 5.09. The summed E-state index contributed by atoms with van der Waals surface area (Å²) in [5.41, 5.74) is 0.984. The standard InChI is InChI=1S/C9H12.C8H18O2/c1-8(2)9-6-4-3-5-7-9;1-7(2,3)9-10-8(4,5)6/h3-8H,1-2H3;1-6H3/p+1. The van der Waals surface area contributed by atoms with Gasteiger partial charge in [0.15, 0.2) is 0 Å². The van der Waals surface area contributed by atoms with Gasteiger partial charge < -0.3 is 0 Å². The highest BCUT2D eigenvalue weighted by Crippen LogP contribution is 2.14. The molecule has 0 aliphatic carbocycles. The van der Waals surface area contributed by atoms with Gasteiger partial charge in [-0.2, -0.15) is 0 Å². The van der Waals surface area contributed by atoms with Crippen molar-refractivity contribution >= 4 is 0 Å². The Morgan fingerprint density at radius 3 is 1.37 bits per heavy atom. The van der Waals surface area contributed by atoms with Crippen LogP contribution >= 0.6 is 0 Å². The Bertz CT molecular complexity index is 320. The second-order valence-corrected chi connectivity index (χ2v) is 6.96. The van der Waals surface area contributed by atoms with Gasteiger partial charge >= 0.3 is 1.43 Å². The summed E-state index contributed by atoms with van der Waals surface area (Å²) in [5, 5.41) is 0. The summed E-state index contributed by atoms with van der Waals surface area (Å²) in [6, 6.07) is 10.5. The third-order valence-electron chi connectivity index (χ3n) is 2.01. The lowest BCUT2D eigenvalue weighted by molar-refractivity contribution is -0.393. The summed E-state index contributed by atoms with van der Waals surface area (Å²) in [6.07, 6.45) is 0. The van der Waals surface area contributed by atoms with Gasteiger partial charge in [-0.15, -0.1) is 0 Å². The second-order valence-electron chi connectivity index (χ2n) is 6.96. The lowest BCUT2D eigenvalue weighted by atomic mass is 10.0. The normalized spacial score (nSPS) is 12.1. The molecule has 0 unspecified atom stereocenters. The molecule has 0 aromatic heterocycles. The van der Waals surface area contributed by atoms with Crippen LogP contribution in [0.1, 0.15) is 68.3 Å². The molecule has 110 valence electrons. The highest BCUT2D eigenvalue weighted by Gasteiger charge is 2.18. The molecular formula is C17H31O2+. The maximum Gasteiger partial charge on any atom is 1.00 e. The van der Waals surface area contributed by atoms with Crippen LogP contribution < -0.4 is 0 Å². The monoisotopic (exact) mass is 267 g/mol. The molecule has 2 nitrogen and oxygen atoms in total. The van der Waals surface area contributed by atoms with E-state index < -0.39 is 0 Å². The Morgan fingerprint density at radius 2 is 1.16 bits per heavy atom. The third kappa shape index (κ3) is 11.9. The Morgan fingerprint density at radius 1 is 0.789 bits per heavy atom. The minimum absolute atomic E-state index is 0. The van der Waals surface area contributed by atoms with Gasteiger partial charge in [-0.3, -0.25) is 0 Å². The van der Waals surface area contributed by atoms with Crippen LogP contribution in [0.2, 0.25) is 0 Å². The van der Waals surface area contributed by atoms with Gasteiger partial charge in [0.25, 0.3) is 0 Å². The van der Waals surface area contributed by atoms with E-state index in [1.807, 2.05) is 47.6 Å². The predicted molar refractivity (Wildman–Crippen MR) is 83.3 cm³/mol. The van der Waals surface area contributed by atoms with Gasteiger partial charge in [0.05, 0.1) is 11.2 Å². The molecule has 0 N–H and O–H groups in total. The first kappa shape index (κ1) is 18.1. The van der Waals surface area contributed by atoms with Crippen molar-refractivity contribution in [2.24, 2.45) is 0 Å². The molecule has 0 bridgehead atoms. The Balaban J connectivity index is 0. The van der Waals surface area contributed by atoms with Crippen molar-refractivity contribution in [2.45, 2.75) is 72.5 Å². The van der Waals surface area contributed by atoms with Gasteiger partial charge in [0.2, 0.25) is 0 Å². The molecule has 0 atom stereocenters. The van der Waals surface area contributed by atoms with E-state index in [-0.39, 0.29) is 12.6 Å². The fourth-order valence-electron chi connectivity index (χ4n) is 1.09. The van der Waals surface area contributed by atoms with Gasteiger partial charge in [0, 0.05) is 0 Å². The summed E-state index contributed by atoms with van der Waals surface area (Å²) in [5.74, 6) is 0.659. The topological polar surface area (TPSA) is 18.5 Å². The van der Waals surface area contributed by atoms with Crippen LogP contribution in [0.25, 0.3) is 0 Å². The van der Waals surface area contributed by atoms with Crippen molar-refractivity contribution in [1.29, 1.82) is 0 Å². The molecule has 19 heavy (non-hydrogen) atoms. The molecule has 0 radical (unpaired) electrons. The van der Waals surface area contributed by atoms with Crippen molar-refractivity contribution in [1.82, 2.24) is 0 Å². The fraction of sp³-hybridized carbons (Fsp3) is 0.647. The first-order valence-electron chi connectivity index (χ1n) is 6.93. The molecule has 0 amide bonds. The van der Waals surface area contributed by atoms with E-state index in [0.29, 0.717) is 5.92 Å². The van der Waals surface area contributed by atoms with Crippen molar-refractivity contribution in [3.05, 3.63) is 35.9 Å². The molecule has 0 fully saturated rings. The molecule has 1 aromatic rings. The SMILES string of the molecule is CC(C)(C)OOC(C)(C)C.CC(C)c1ccccc1.[H+]. The molecule has 0 heterocycles. The van der Waals surface area contributed by atoms with Gasteiger partial charge in [-0.25, -0.2) is 9.78 Å². The number of hydrogen-bond acceptors (Lipinski definition) is 2. The Labute approximate surface area is 120 Å². The molecule has 1 rings (SSSR count).